The van der Waals surface area contributed by atoms with Gasteiger partial charge in [-0.05, 0) is 48.9 Å². The fourth-order valence-corrected chi connectivity index (χ4v) is 3.66. The second kappa shape index (κ2) is 8.05. The molecule has 1 aliphatic heterocycles. The van der Waals surface area contributed by atoms with Crippen molar-refractivity contribution in [3.05, 3.63) is 59.7 Å². The molecule has 2 aromatic carbocycles. The number of benzene rings is 2. The quantitative estimate of drug-likeness (QED) is 0.781. The molecule has 0 bridgehead atoms. The van der Waals surface area contributed by atoms with Crippen molar-refractivity contribution >= 4 is 11.7 Å². The largest absolute Gasteiger partial charge is 0.376 e. The van der Waals surface area contributed by atoms with Crippen LogP contribution in [-0.2, 0) is 4.74 Å². The number of ether oxygens (including phenoxy) is 1. The summed E-state index contributed by atoms with van der Waals surface area (Å²) in [7, 11) is 0. The molecule has 2 aliphatic rings. The molecule has 1 unspecified atom stereocenters. The molecule has 1 N–H and O–H groups in total. The summed E-state index contributed by atoms with van der Waals surface area (Å²) in [6.07, 6.45) is 5.45. The maximum Gasteiger partial charge on any atom is 0.251 e. The van der Waals surface area contributed by atoms with Crippen LogP contribution in [0.4, 0.5) is 0 Å². The highest BCUT2D eigenvalue weighted by Gasteiger charge is 2.26. The van der Waals surface area contributed by atoms with E-state index in [-0.39, 0.29) is 23.7 Å². The molecule has 0 aromatic heterocycles. The molecule has 0 spiro atoms. The third kappa shape index (κ3) is 4.11. The summed E-state index contributed by atoms with van der Waals surface area (Å²) in [4.78, 5) is 24.6. The lowest BCUT2D eigenvalue weighted by Gasteiger charge is -2.23. The van der Waals surface area contributed by atoms with Crippen molar-refractivity contribution in [3.63, 3.8) is 0 Å². The van der Waals surface area contributed by atoms with E-state index in [4.69, 9.17) is 4.74 Å². The Morgan fingerprint density at radius 3 is 2.00 bits per heavy atom. The Kier molecular flexibility index (Phi) is 5.35. The molecule has 4 nitrogen and oxygen atoms in total. The van der Waals surface area contributed by atoms with Gasteiger partial charge in [0.05, 0.1) is 6.10 Å². The Balaban J connectivity index is 1.37. The van der Waals surface area contributed by atoms with E-state index in [2.05, 4.69) is 5.32 Å². The molecule has 2 fully saturated rings. The zero-order valence-electron chi connectivity index (χ0n) is 15.4. The molecule has 4 rings (SSSR count). The SMILES string of the molecule is O=C(NCC1CCCO1)c1ccc(-c2ccc(C(=O)C3CCC3)cc2)cc1. The molecule has 0 radical (unpaired) electrons. The fraction of sp³-hybridized carbons (Fsp3) is 0.391. The molecule has 140 valence electrons. The highest BCUT2D eigenvalue weighted by Crippen LogP contribution is 2.30. The molecule has 1 amide bonds. The standard InChI is InChI=1S/C23H25NO3/c25-22(18-3-1-4-18)19-10-6-16(7-11-19)17-8-12-20(13-9-17)23(26)24-15-21-5-2-14-27-21/h6-13,18,21H,1-5,14-15H2,(H,24,26). The van der Waals surface area contributed by atoms with Gasteiger partial charge in [0, 0.05) is 30.2 Å². The molecule has 2 aromatic rings. The van der Waals surface area contributed by atoms with E-state index in [1.54, 1.807) is 0 Å². The van der Waals surface area contributed by atoms with E-state index >= 15 is 0 Å². The summed E-state index contributed by atoms with van der Waals surface area (Å²) in [6, 6.07) is 15.4. The summed E-state index contributed by atoms with van der Waals surface area (Å²) in [6.45, 7) is 1.36. The van der Waals surface area contributed by atoms with Crippen molar-refractivity contribution in [1.29, 1.82) is 0 Å². The Labute approximate surface area is 159 Å². The number of hydrogen-bond acceptors (Lipinski definition) is 3. The third-order valence-electron chi connectivity index (χ3n) is 5.64. The lowest BCUT2D eigenvalue weighted by Crippen LogP contribution is -2.31. The van der Waals surface area contributed by atoms with Gasteiger partial charge in [-0.2, -0.15) is 0 Å². The van der Waals surface area contributed by atoms with E-state index < -0.39 is 0 Å². The first-order valence-corrected chi connectivity index (χ1v) is 9.85. The molecule has 1 saturated carbocycles. The van der Waals surface area contributed by atoms with Crippen molar-refractivity contribution in [1.82, 2.24) is 5.32 Å². The van der Waals surface area contributed by atoms with Crippen LogP contribution in [0.15, 0.2) is 48.5 Å². The molecular formula is C23H25NO3. The Morgan fingerprint density at radius 1 is 0.852 bits per heavy atom. The minimum atomic E-state index is -0.0708. The number of carbonyl (C=O) groups is 2. The van der Waals surface area contributed by atoms with Crippen LogP contribution in [0.25, 0.3) is 11.1 Å². The van der Waals surface area contributed by atoms with Gasteiger partial charge in [0.2, 0.25) is 0 Å². The van der Waals surface area contributed by atoms with Crippen LogP contribution in [0.2, 0.25) is 0 Å². The second-order valence-electron chi connectivity index (χ2n) is 7.49. The van der Waals surface area contributed by atoms with Gasteiger partial charge in [-0.3, -0.25) is 9.59 Å². The van der Waals surface area contributed by atoms with E-state index in [1.807, 2.05) is 48.5 Å². The molecular weight excluding hydrogens is 338 g/mol. The Bertz CT molecular complexity index is 801. The summed E-state index contributed by atoms with van der Waals surface area (Å²) in [5.41, 5.74) is 3.53. The van der Waals surface area contributed by atoms with Crippen LogP contribution in [0.5, 0.6) is 0 Å². The number of nitrogens with one attached hydrogen (secondary N) is 1. The van der Waals surface area contributed by atoms with Gasteiger partial charge >= 0.3 is 0 Å². The molecule has 1 heterocycles. The molecule has 4 heteroatoms. The average Bonchev–Trinajstić information content (AvgIpc) is 3.18. The second-order valence-corrected chi connectivity index (χ2v) is 7.49. The van der Waals surface area contributed by atoms with Gasteiger partial charge in [0.15, 0.2) is 5.78 Å². The first-order chi connectivity index (χ1) is 13.2. The number of carbonyl (C=O) groups excluding carboxylic acids is 2. The maximum absolute atomic E-state index is 12.3. The van der Waals surface area contributed by atoms with Gasteiger partial charge in [-0.1, -0.05) is 42.8 Å². The number of ketones is 1. The molecule has 1 saturated heterocycles. The van der Waals surface area contributed by atoms with Crippen LogP contribution in [-0.4, -0.2) is 30.9 Å². The minimum Gasteiger partial charge on any atom is -0.376 e. The zero-order valence-corrected chi connectivity index (χ0v) is 15.4. The van der Waals surface area contributed by atoms with Gasteiger partial charge in [0.1, 0.15) is 0 Å². The van der Waals surface area contributed by atoms with Crippen LogP contribution in [0.1, 0.15) is 52.8 Å². The lowest BCUT2D eigenvalue weighted by molar-refractivity contribution is 0.0851. The van der Waals surface area contributed by atoms with Gasteiger partial charge in [0.25, 0.3) is 5.91 Å². The van der Waals surface area contributed by atoms with Crippen LogP contribution in [0.3, 0.4) is 0 Å². The number of hydrogen-bond donors (Lipinski definition) is 1. The van der Waals surface area contributed by atoms with Crippen LogP contribution in [0, 0.1) is 5.92 Å². The highest BCUT2D eigenvalue weighted by atomic mass is 16.5. The van der Waals surface area contributed by atoms with Crippen molar-refractivity contribution in [2.45, 2.75) is 38.2 Å². The smallest absolute Gasteiger partial charge is 0.251 e. The van der Waals surface area contributed by atoms with Gasteiger partial charge < -0.3 is 10.1 Å². The first kappa shape index (κ1) is 17.9. The third-order valence-corrected chi connectivity index (χ3v) is 5.64. The zero-order chi connectivity index (χ0) is 18.6. The van der Waals surface area contributed by atoms with Crippen molar-refractivity contribution in [2.24, 2.45) is 5.92 Å². The normalized spacial score (nSPS) is 19.5. The molecule has 1 aliphatic carbocycles. The van der Waals surface area contributed by atoms with Crippen molar-refractivity contribution < 1.29 is 14.3 Å². The summed E-state index contributed by atoms with van der Waals surface area (Å²) >= 11 is 0. The number of amides is 1. The Hall–Kier alpha value is -2.46. The maximum atomic E-state index is 12.3. The first-order valence-electron chi connectivity index (χ1n) is 9.85. The number of Topliss-reactive ketones (excluding diaryl/α,β-unsaturated/α-hetero) is 1. The van der Waals surface area contributed by atoms with E-state index in [1.165, 1.54) is 6.42 Å². The van der Waals surface area contributed by atoms with E-state index in [0.717, 1.165) is 49.0 Å². The predicted molar refractivity (Wildman–Crippen MR) is 105 cm³/mol. The van der Waals surface area contributed by atoms with Crippen molar-refractivity contribution in [2.75, 3.05) is 13.2 Å². The summed E-state index contributed by atoms with van der Waals surface area (Å²) < 4.78 is 5.53. The van der Waals surface area contributed by atoms with Crippen molar-refractivity contribution in [3.8, 4) is 11.1 Å². The molecule has 27 heavy (non-hydrogen) atoms. The predicted octanol–water partition coefficient (Wildman–Crippen LogP) is 4.25. The average molecular weight is 363 g/mol. The molecule has 1 atom stereocenters. The van der Waals surface area contributed by atoms with E-state index in [9.17, 15) is 9.59 Å². The monoisotopic (exact) mass is 363 g/mol. The lowest BCUT2D eigenvalue weighted by atomic mass is 9.80. The minimum absolute atomic E-state index is 0.0708. The topological polar surface area (TPSA) is 55.4 Å². The number of rotatable bonds is 6. The highest BCUT2D eigenvalue weighted by molar-refractivity contribution is 5.98. The van der Waals surface area contributed by atoms with Crippen LogP contribution >= 0.6 is 0 Å². The Morgan fingerprint density at radius 2 is 1.48 bits per heavy atom. The van der Waals surface area contributed by atoms with Crippen LogP contribution < -0.4 is 5.32 Å². The van der Waals surface area contributed by atoms with E-state index in [0.29, 0.717) is 12.1 Å². The van der Waals surface area contributed by atoms with Gasteiger partial charge in [-0.15, -0.1) is 0 Å². The summed E-state index contributed by atoms with van der Waals surface area (Å²) in [5, 5.41) is 2.94. The van der Waals surface area contributed by atoms with Gasteiger partial charge in [-0.25, -0.2) is 0 Å². The fourth-order valence-electron chi connectivity index (χ4n) is 3.66. The summed E-state index contributed by atoms with van der Waals surface area (Å²) in [5.74, 6) is 0.424.